The van der Waals surface area contributed by atoms with Crippen LogP contribution in [0.1, 0.15) is 18.5 Å². The van der Waals surface area contributed by atoms with Crippen molar-refractivity contribution in [3.05, 3.63) is 30.2 Å². The van der Waals surface area contributed by atoms with E-state index in [9.17, 15) is 0 Å². The van der Waals surface area contributed by atoms with Crippen molar-refractivity contribution in [1.82, 2.24) is 19.9 Å². The lowest BCUT2D eigenvalue weighted by atomic mass is 10.0. The lowest BCUT2D eigenvalue weighted by molar-refractivity contribution is 0.122. The van der Waals surface area contributed by atoms with Crippen LogP contribution in [-0.4, -0.2) is 72.4 Å². The Morgan fingerprint density at radius 3 is 2.61 bits per heavy atom. The van der Waals surface area contributed by atoms with Crippen LogP contribution >= 0.6 is 0 Å². The number of hydrogen-bond acceptors (Lipinski definition) is 9. The molecule has 146 valence electrons. The van der Waals surface area contributed by atoms with E-state index < -0.39 is 0 Å². The molecule has 0 aromatic carbocycles. The molecule has 1 atom stereocenters. The predicted molar refractivity (Wildman–Crippen MR) is 105 cm³/mol. The third-order valence-electron chi connectivity index (χ3n) is 5.27. The van der Waals surface area contributed by atoms with Gasteiger partial charge in [0.1, 0.15) is 17.6 Å². The lowest BCUT2D eigenvalue weighted by Gasteiger charge is -2.38. The molecule has 2 aromatic heterocycles. The summed E-state index contributed by atoms with van der Waals surface area (Å²) in [7, 11) is 2.08. The number of anilines is 3. The first-order valence-corrected chi connectivity index (χ1v) is 9.61. The number of nitriles is 1. The van der Waals surface area contributed by atoms with Crippen LogP contribution in [0.3, 0.4) is 0 Å². The minimum absolute atomic E-state index is 0.288. The summed E-state index contributed by atoms with van der Waals surface area (Å²) in [6, 6.07) is 5.96. The summed E-state index contributed by atoms with van der Waals surface area (Å²) < 4.78 is 5.42. The molecule has 2 saturated heterocycles. The quantitative estimate of drug-likeness (QED) is 0.772. The van der Waals surface area contributed by atoms with Crippen molar-refractivity contribution in [2.24, 2.45) is 0 Å². The zero-order valence-corrected chi connectivity index (χ0v) is 16.0. The summed E-state index contributed by atoms with van der Waals surface area (Å²) in [6.45, 7) is 4.74. The number of likely N-dealkylation sites (N-methyl/N-ethyl adjacent to an activating group) is 1. The maximum atomic E-state index is 9.09. The molecule has 9 nitrogen and oxygen atoms in total. The normalized spacial score (nSPS) is 19.9. The average molecular weight is 380 g/mol. The fourth-order valence-corrected chi connectivity index (χ4v) is 3.65. The van der Waals surface area contributed by atoms with Gasteiger partial charge in [0.05, 0.1) is 13.2 Å². The highest BCUT2D eigenvalue weighted by Gasteiger charge is 2.26. The standard InChI is InChI=1S/C19H24N8O/c1-25(17-5-7-22-19(24-17)26-9-11-28-12-10-26)16-3-2-8-27(14-16)18-21-6-4-15(13-20)23-18/h4-7,16H,2-3,8-12,14H2,1H3. The smallest absolute Gasteiger partial charge is 0.227 e. The van der Waals surface area contributed by atoms with Gasteiger partial charge in [0.15, 0.2) is 0 Å². The Morgan fingerprint density at radius 2 is 1.82 bits per heavy atom. The van der Waals surface area contributed by atoms with Crippen molar-refractivity contribution < 1.29 is 4.74 Å². The summed E-state index contributed by atoms with van der Waals surface area (Å²) in [5.74, 6) is 2.29. The van der Waals surface area contributed by atoms with Gasteiger partial charge in [0.25, 0.3) is 0 Å². The van der Waals surface area contributed by atoms with Crippen LogP contribution in [0.25, 0.3) is 0 Å². The molecule has 9 heteroatoms. The molecule has 0 spiro atoms. The summed E-state index contributed by atoms with van der Waals surface area (Å²) in [4.78, 5) is 24.5. The van der Waals surface area contributed by atoms with Crippen LogP contribution in [0.2, 0.25) is 0 Å². The maximum Gasteiger partial charge on any atom is 0.227 e. The van der Waals surface area contributed by atoms with Crippen molar-refractivity contribution in [2.45, 2.75) is 18.9 Å². The van der Waals surface area contributed by atoms with E-state index in [2.05, 4.69) is 42.8 Å². The number of hydrogen-bond donors (Lipinski definition) is 0. The first kappa shape index (κ1) is 18.4. The summed E-state index contributed by atoms with van der Waals surface area (Å²) in [6.07, 6.45) is 5.58. The molecule has 0 bridgehead atoms. The van der Waals surface area contributed by atoms with Crippen LogP contribution in [0, 0.1) is 11.3 Å². The highest BCUT2D eigenvalue weighted by atomic mass is 16.5. The zero-order chi connectivity index (χ0) is 19.3. The predicted octanol–water partition coefficient (Wildman–Crippen LogP) is 1.08. The molecule has 4 heterocycles. The van der Waals surface area contributed by atoms with Gasteiger partial charge < -0.3 is 19.4 Å². The van der Waals surface area contributed by atoms with E-state index in [4.69, 9.17) is 15.0 Å². The summed E-state index contributed by atoms with van der Waals surface area (Å²) in [5.41, 5.74) is 0.395. The average Bonchev–Trinajstić information content (AvgIpc) is 2.79. The van der Waals surface area contributed by atoms with Gasteiger partial charge in [-0.2, -0.15) is 10.2 Å². The fourth-order valence-electron chi connectivity index (χ4n) is 3.65. The van der Waals surface area contributed by atoms with Gasteiger partial charge in [0.2, 0.25) is 11.9 Å². The molecule has 28 heavy (non-hydrogen) atoms. The van der Waals surface area contributed by atoms with Crippen molar-refractivity contribution in [2.75, 3.05) is 61.1 Å². The Labute approximate surface area is 164 Å². The highest BCUT2D eigenvalue weighted by molar-refractivity contribution is 5.45. The number of aromatic nitrogens is 4. The van der Waals surface area contributed by atoms with E-state index >= 15 is 0 Å². The number of piperidine rings is 1. The largest absolute Gasteiger partial charge is 0.378 e. The zero-order valence-electron chi connectivity index (χ0n) is 16.0. The highest BCUT2D eigenvalue weighted by Crippen LogP contribution is 2.23. The molecular formula is C19H24N8O. The van der Waals surface area contributed by atoms with E-state index in [1.807, 2.05) is 12.3 Å². The molecule has 1 unspecified atom stereocenters. The van der Waals surface area contributed by atoms with Crippen LogP contribution in [0.15, 0.2) is 24.5 Å². The minimum atomic E-state index is 0.288. The van der Waals surface area contributed by atoms with E-state index in [1.165, 1.54) is 0 Å². The Kier molecular flexibility index (Phi) is 5.48. The van der Waals surface area contributed by atoms with Crippen LogP contribution in [0.4, 0.5) is 17.7 Å². The SMILES string of the molecule is CN(c1ccnc(N2CCOCC2)n1)C1CCCN(c2nccc(C#N)n2)C1. The number of ether oxygens (including phenoxy) is 1. The Morgan fingerprint density at radius 1 is 1.07 bits per heavy atom. The van der Waals surface area contributed by atoms with E-state index in [1.54, 1.807) is 12.3 Å². The van der Waals surface area contributed by atoms with Gasteiger partial charge in [0, 0.05) is 51.7 Å². The second kappa shape index (κ2) is 8.35. The molecule has 2 fully saturated rings. The molecule has 0 saturated carbocycles. The number of rotatable bonds is 4. The van der Waals surface area contributed by atoms with Gasteiger partial charge in [-0.25, -0.2) is 15.0 Å². The topological polar surface area (TPSA) is 94.3 Å². The molecule has 4 rings (SSSR count). The van der Waals surface area contributed by atoms with Gasteiger partial charge >= 0.3 is 0 Å². The number of nitrogens with zero attached hydrogens (tertiary/aromatic N) is 8. The van der Waals surface area contributed by atoms with Crippen molar-refractivity contribution in [1.29, 1.82) is 5.26 Å². The molecule has 2 aliphatic heterocycles. The molecule has 0 amide bonds. The van der Waals surface area contributed by atoms with Gasteiger partial charge in [-0.3, -0.25) is 0 Å². The molecule has 0 radical (unpaired) electrons. The van der Waals surface area contributed by atoms with E-state index in [0.717, 1.165) is 50.8 Å². The first-order valence-electron chi connectivity index (χ1n) is 9.61. The monoisotopic (exact) mass is 380 g/mol. The van der Waals surface area contributed by atoms with Crippen molar-refractivity contribution in [3.8, 4) is 6.07 Å². The Bertz CT molecular complexity index is 848. The van der Waals surface area contributed by atoms with Crippen molar-refractivity contribution >= 4 is 17.7 Å². The molecule has 2 aromatic rings. The van der Waals surface area contributed by atoms with Gasteiger partial charge in [-0.15, -0.1) is 0 Å². The van der Waals surface area contributed by atoms with Gasteiger partial charge in [-0.05, 0) is 25.0 Å². The third kappa shape index (κ3) is 3.97. The maximum absolute atomic E-state index is 9.09. The first-order chi connectivity index (χ1) is 13.7. The molecule has 2 aliphatic rings. The van der Waals surface area contributed by atoms with Gasteiger partial charge in [-0.1, -0.05) is 0 Å². The van der Waals surface area contributed by atoms with Crippen LogP contribution < -0.4 is 14.7 Å². The third-order valence-corrected chi connectivity index (χ3v) is 5.27. The second-order valence-corrected chi connectivity index (χ2v) is 7.02. The minimum Gasteiger partial charge on any atom is -0.378 e. The Balaban J connectivity index is 1.48. The van der Waals surface area contributed by atoms with Crippen LogP contribution in [-0.2, 0) is 4.74 Å². The summed E-state index contributed by atoms with van der Waals surface area (Å²) >= 11 is 0. The number of morpholine rings is 1. The van der Waals surface area contributed by atoms with Crippen LogP contribution in [0.5, 0.6) is 0 Å². The summed E-state index contributed by atoms with van der Waals surface area (Å²) in [5, 5.41) is 9.09. The second-order valence-electron chi connectivity index (χ2n) is 7.02. The van der Waals surface area contributed by atoms with E-state index in [0.29, 0.717) is 24.9 Å². The molecular weight excluding hydrogens is 356 g/mol. The Hall–Kier alpha value is -2.99. The van der Waals surface area contributed by atoms with E-state index in [-0.39, 0.29) is 6.04 Å². The molecule has 0 aliphatic carbocycles. The lowest BCUT2D eigenvalue weighted by Crippen LogP contribution is -2.47. The van der Waals surface area contributed by atoms with Crippen molar-refractivity contribution in [3.63, 3.8) is 0 Å². The molecule has 0 N–H and O–H groups in total. The fraction of sp³-hybridized carbons (Fsp3) is 0.526.